The minimum atomic E-state index is -0.220. The molecule has 0 radical (unpaired) electrons. The first-order chi connectivity index (χ1) is 8.69. The van der Waals surface area contributed by atoms with Crippen LogP contribution in [-0.2, 0) is 19.6 Å². The lowest BCUT2D eigenvalue weighted by molar-refractivity contribution is 0.321. The monoisotopic (exact) mass is 264 g/mol. The molecule has 2 nitrogen and oxygen atoms in total. The zero-order valence-corrected chi connectivity index (χ0v) is 11.2. The third-order valence-corrected chi connectivity index (χ3v) is 3.65. The van der Waals surface area contributed by atoms with E-state index in [9.17, 15) is 4.39 Å². The number of hydrogen-bond acceptors (Lipinski definition) is 3. The smallest absolute Gasteiger partial charge is 0.127 e. The van der Waals surface area contributed by atoms with Crippen molar-refractivity contribution in [2.75, 3.05) is 7.05 Å². The maximum absolute atomic E-state index is 13.3. The maximum atomic E-state index is 13.3. The fraction of sp³-hybridized carbons (Fsp3) is 0.286. The van der Waals surface area contributed by atoms with Crippen LogP contribution in [0.3, 0.4) is 0 Å². The van der Waals surface area contributed by atoms with Crippen LogP contribution in [0.15, 0.2) is 35.7 Å². The molecule has 2 aromatic rings. The Morgan fingerprint density at radius 3 is 2.78 bits per heavy atom. The summed E-state index contributed by atoms with van der Waals surface area (Å²) < 4.78 is 13.3. The number of halogens is 1. The Kier molecular flexibility index (Phi) is 4.47. The van der Waals surface area contributed by atoms with Crippen molar-refractivity contribution >= 4 is 11.3 Å². The van der Waals surface area contributed by atoms with Crippen molar-refractivity contribution in [2.24, 2.45) is 5.73 Å². The van der Waals surface area contributed by atoms with Gasteiger partial charge in [0.05, 0.1) is 0 Å². The fourth-order valence-electron chi connectivity index (χ4n) is 1.92. The molecule has 0 fully saturated rings. The first kappa shape index (κ1) is 13.2. The number of rotatable bonds is 5. The molecule has 0 unspecified atom stereocenters. The highest BCUT2D eigenvalue weighted by atomic mass is 32.1. The average Bonchev–Trinajstić information content (AvgIpc) is 2.84. The van der Waals surface area contributed by atoms with Crippen LogP contribution >= 0.6 is 11.3 Å². The van der Waals surface area contributed by atoms with Gasteiger partial charge < -0.3 is 5.73 Å². The predicted octanol–water partition coefficient (Wildman–Crippen LogP) is 2.98. The zero-order valence-electron chi connectivity index (χ0n) is 10.4. The Balaban J connectivity index is 2.00. The van der Waals surface area contributed by atoms with Gasteiger partial charge in [0.2, 0.25) is 0 Å². The topological polar surface area (TPSA) is 29.3 Å². The van der Waals surface area contributed by atoms with Crippen LogP contribution in [0.25, 0.3) is 0 Å². The van der Waals surface area contributed by atoms with E-state index >= 15 is 0 Å². The molecular weight excluding hydrogens is 247 g/mol. The molecule has 0 atom stereocenters. The second-order valence-corrected chi connectivity index (χ2v) is 5.41. The lowest BCUT2D eigenvalue weighted by Crippen LogP contribution is -2.17. The molecule has 0 bridgehead atoms. The van der Waals surface area contributed by atoms with Crippen molar-refractivity contribution in [2.45, 2.75) is 19.6 Å². The van der Waals surface area contributed by atoms with Crippen LogP contribution in [0.4, 0.5) is 4.39 Å². The van der Waals surface area contributed by atoms with Gasteiger partial charge in [-0.15, -0.1) is 11.3 Å². The van der Waals surface area contributed by atoms with Crippen molar-refractivity contribution in [3.8, 4) is 0 Å². The van der Waals surface area contributed by atoms with E-state index < -0.39 is 0 Å². The van der Waals surface area contributed by atoms with Gasteiger partial charge in [0.15, 0.2) is 0 Å². The van der Waals surface area contributed by atoms with E-state index in [0.29, 0.717) is 5.56 Å². The molecule has 0 saturated heterocycles. The highest BCUT2D eigenvalue weighted by molar-refractivity contribution is 7.09. The Labute approximate surface area is 111 Å². The summed E-state index contributed by atoms with van der Waals surface area (Å²) in [6.07, 6.45) is 0. The van der Waals surface area contributed by atoms with E-state index in [2.05, 4.69) is 29.5 Å². The normalized spacial score (nSPS) is 11.1. The van der Waals surface area contributed by atoms with Gasteiger partial charge in [-0.25, -0.2) is 4.39 Å². The molecule has 0 spiro atoms. The minimum absolute atomic E-state index is 0.220. The van der Waals surface area contributed by atoms with Crippen molar-refractivity contribution in [3.05, 3.63) is 57.5 Å². The SMILES string of the molecule is CN(Cc1ccc(F)c(CN)c1)Cc1cccs1. The summed E-state index contributed by atoms with van der Waals surface area (Å²) in [5, 5.41) is 2.08. The molecule has 0 amide bonds. The summed E-state index contributed by atoms with van der Waals surface area (Å²) in [5.41, 5.74) is 7.18. The second kappa shape index (κ2) is 6.09. The molecule has 0 aliphatic carbocycles. The van der Waals surface area contributed by atoms with Gasteiger partial charge in [-0.2, -0.15) is 0 Å². The molecule has 18 heavy (non-hydrogen) atoms. The average molecular weight is 264 g/mol. The maximum Gasteiger partial charge on any atom is 0.127 e. The summed E-state index contributed by atoms with van der Waals surface area (Å²) in [7, 11) is 2.06. The van der Waals surface area contributed by atoms with Gasteiger partial charge in [0.1, 0.15) is 5.82 Å². The summed E-state index contributed by atoms with van der Waals surface area (Å²) in [6.45, 7) is 1.95. The molecule has 0 aliphatic heterocycles. The van der Waals surface area contributed by atoms with Gasteiger partial charge in [-0.05, 0) is 30.1 Å². The predicted molar refractivity (Wildman–Crippen MR) is 73.8 cm³/mol. The Morgan fingerprint density at radius 2 is 2.11 bits per heavy atom. The molecule has 1 heterocycles. The number of benzene rings is 1. The van der Waals surface area contributed by atoms with E-state index in [-0.39, 0.29) is 12.4 Å². The minimum Gasteiger partial charge on any atom is -0.326 e. The molecular formula is C14H17FN2S. The number of nitrogens with zero attached hydrogens (tertiary/aromatic N) is 1. The molecule has 4 heteroatoms. The van der Waals surface area contributed by atoms with Gasteiger partial charge in [-0.1, -0.05) is 18.2 Å². The molecule has 1 aromatic carbocycles. The van der Waals surface area contributed by atoms with Crippen LogP contribution < -0.4 is 5.73 Å². The standard InChI is InChI=1S/C14H17FN2S/c1-17(10-13-3-2-6-18-13)9-11-4-5-14(15)12(7-11)8-16/h2-7H,8-10,16H2,1H3. The van der Waals surface area contributed by atoms with Crippen LogP contribution in [0.5, 0.6) is 0 Å². The van der Waals surface area contributed by atoms with E-state index in [1.54, 1.807) is 11.3 Å². The number of nitrogens with two attached hydrogens (primary N) is 1. The van der Waals surface area contributed by atoms with Crippen LogP contribution in [0.1, 0.15) is 16.0 Å². The summed E-state index contributed by atoms with van der Waals surface area (Å²) in [5.74, 6) is -0.220. The summed E-state index contributed by atoms with van der Waals surface area (Å²) >= 11 is 1.75. The summed E-state index contributed by atoms with van der Waals surface area (Å²) in [6, 6.07) is 9.34. The molecule has 2 N–H and O–H groups in total. The number of hydrogen-bond donors (Lipinski definition) is 1. The molecule has 2 rings (SSSR count). The fourth-order valence-corrected chi connectivity index (χ4v) is 2.70. The zero-order chi connectivity index (χ0) is 13.0. The van der Waals surface area contributed by atoms with E-state index in [1.807, 2.05) is 12.1 Å². The van der Waals surface area contributed by atoms with Crippen LogP contribution in [-0.4, -0.2) is 11.9 Å². The van der Waals surface area contributed by atoms with Crippen molar-refractivity contribution < 1.29 is 4.39 Å². The van der Waals surface area contributed by atoms with Crippen LogP contribution in [0.2, 0.25) is 0 Å². The van der Waals surface area contributed by atoms with E-state index in [4.69, 9.17) is 5.73 Å². The number of thiophene rings is 1. The van der Waals surface area contributed by atoms with Crippen molar-refractivity contribution in [1.29, 1.82) is 0 Å². The summed E-state index contributed by atoms with van der Waals surface area (Å²) in [4.78, 5) is 3.54. The third-order valence-electron chi connectivity index (χ3n) is 2.79. The lowest BCUT2D eigenvalue weighted by atomic mass is 10.1. The Hall–Kier alpha value is -1.23. The highest BCUT2D eigenvalue weighted by Crippen LogP contribution is 2.15. The highest BCUT2D eigenvalue weighted by Gasteiger charge is 2.05. The quantitative estimate of drug-likeness (QED) is 0.899. The second-order valence-electron chi connectivity index (χ2n) is 4.38. The first-order valence-corrected chi connectivity index (χ1v) is 6.75. The van der Waals surface area contributed by atoms with Gasteiger partial charge >= 0.3 is 0 Å². The lowest BCUT2D eigenvalue weighted by Gasteiger charge is -2.16. The third kappa shape index (κ3) is 3.38. The largest absolute Gasteiger partial charge is 0.326 e. The van der Waals surface area contributed by atoms with Crippen molar-refractivity contribution in [1.82, 2.24) is 4.90 Å². The first-order valence-electron chi connectivity index (χ1n) is 5.87. The Bertz CT molecular complexity index is 497. The molecule has 0 aliphatic rings. The van der Waals surface area contributed by atoms with Gasteiger partial charge in [0, 0.05) is 30.1 Å². The van der Waals surface area contributed by atoms with Gasteiger partial charge in [-0.3, -0.25) is 4.90 Å². The van der Waals surface area contributed by atoms with Gasteiger partial charge in [0.25, 0.3) is 0 Å². The Morgan fingerprint density at radius 1 is 1.28 bits per heavy atom. The molecule has 0 saturated carbocycles. The molecule has 96 valence electrons. The van der Waals surface area contributed by atoms with Crippen molar-refractivity contribution in [3.63, 3.8) is 0 Å². The van der Waals surface area contributed by atoms with E-state index in [1.165, 1.54) is 10.9 Å². The van der Waals surface area contributed by atoms with Crippen LogP contribution in [0, 0.1) is 5.82 Å². The molecule has 1 aromatic heterocycles. The van der Waals surface area contributed by atoms with E-state index in [0.717, 1.165) is 18.7 Å².